The Balaban J connectivity index is 1.73. The van der Waals surface area contributed by atoms with Gasteiger partial charge >= 0.3 is 0 Å². The maximum Gasteiger partial charge on any atom is 0.220 e. The van der Waals surface area contributed by atoms with E-state index in [-0.39, 0.29) is 5.91 Å². The van der Waals surface area contributed by atoms with Gasteiger partial charge in [0, 0.05) is 17.7 Å². The summed E-state index contributed by atoms with van der Waals surface area (Å²) in [6.07, 6.45) is 11.9. The van der Waals surface area contributed by atoms with E-state index in [0.29, 0.717) is 23.0 Å². The third-order valence-electron chi connectivity index (χ3n) is 5.45. The van der Waals surface area contributed by atoms with Crippen LogP contribution >= 0.6 is 11.8 Å². The van der Waals surface area contributed by atoms with Crippen LogP contribution in [0.1, 0.15) is 58.3 Å². The van der Waals surface area contributed by atoms with E-state index in [1.54, 1.807) is 0 Å². The molecule has 1 saturated heterocycles. The Morgan fingerprint density at radius 3 is 2.71 bits per heavy atom. The Bertz CT molecular complexity index is 323. The number of carbonyl (C=O) groups excluding carboxylic acids is 1. The van der Waals surface area contributed by atoms with Crippen LogP contribution in [-0.2, 0) is 4.79 Å². The average Bonchev–Trinajstić information content (AvgIpc) is 2.54. The molecule has 2 fully saturated rings. The van der Waals surface area contributed by atoms with Crippen molar-refractivity contribution in [3.8, 4) is 0 Å². The zero-order valence-corrected chi connectivity index (χ0v) is 14.6. The molecule has 0 aromatic rings. The van der Waals surface area contributed by atoms with Gasteiger partial charge in [-0.05, 0) is 56.9 Å². The zero-order valence-electron chi connectivity index (χ0n) is 13.7. The van der Waals surface area contributed by atoms with E-state index in [1.165, 1.54) is 44.9 Å². The number of rotatable bonds is 6. The molecule has 0 spiro atoms. The Kier molecular flexibility index (Phi) is 6.87. The minimum atomic E-state index is 0.257. The minimum Gasteiger partial charge on any atom is -0.355 e. The van der Waals surface area contributed by atoms with Crippen molar-refractivity contribution in [1.82, 2.24) is 10.6 Å². The number of hydrogen-bond donors (Lipinski definition) is 2. The molecule has 2 N–H and O–H groups in total. The molecule has 1 aliphatic carbocycles. The first-order valence-corrected chi connectivity index (χ1v) is 9.90. The standard InChI is InChI=1S/C17H32N2OS/c1-14(15-7-6-10-18-12-15)11-16(20)19-13-17(21-2)8-4-3-5-9-17/h14-15,18H,3-13H2,1-2H3,(H,19,20). The molecule has 1 aliphatic heterocycles. The molecule has 0 bridgehead atoms. The van der Waals surface area contributed by atoms with Crippen LogP contribution in [0.2, 0.25) is 0 Å². The number of carbonyl (C=O) groups is 1. The Labute approximate surface area is 134 Å². The first kappa shape index (κ1) is 17.1. The SMILES string of the molecule is CSC1(CNC(=O)CC(C)C2CCCNC2)CCCCC1. The van der Waals surface area contributed by atoms with Crippen LogP contribution in [0.15, 0.2) is 0 Å². The quantitative estimate of drug-likeness (QED) is 0.791. The lowest BCUT2D eigenvalue weighted by atomic mass is 9.85. The number of nitrogens with one attached hydrogen (secondary N) is 2. The van der Waals surface area contributed by atoms with Crippen LogP contribution in [0.3, 0.4) is 0 Å². The highest BCUT2D eigenvalue weighted by atomic mass is 32.2. The predicted octanol–water partition coefficient (Wildman–Crippen LogP) is 3.19. The molecule has 1 saturated carbocycles. The summed E-state index contributed by atoms with van der Waals surface area (Å²) in [6.45, 7) is 5.33. The predicted molar refractivity (Wildman–Crippen MR) is 91.7 cm³/mol. The van der Waals surface area contributed by atoms with E-state index in [4.69, 9.17) is 0 Å². The Morgan fingerprint density at radius 2 is 2.10 bits per heavy atom. The van der Waals surface area contributed by atoms with Crippen molar-refractivity contribution < 1.29 is 4.79 Å². The molecule has 0 aromatic heterocycles. The summed E-state index contributed by atoms with van der Waals surface area (Å²) >= 11 is 1.96. The van der Waals surface area contributed by atoms with Crippen molar-refractivity contribution in [2.75, 3.05) is 25.9 Å². The Hall–Kier alpha value is -0.220. The number of piperidine rings is 1. The summed E-state index contributed by atoms with van der Waals surface area (Å²) in [5.41, 5.74) is 0. The van der Waals surface area contributed by atoms with Crippen LogP contribution in [0.4, 0.5) is 0 Å². The summed E-state index contributed by atoms with van der Waals surface area (Å²) in [4.78, 5) is 12.3. The zero-order chi connectivity index (χ0) is 15.1. The van der Waals surface area contributed by atoms with Crippen molar-refractivity contribution in [2.45, 2.75) is 63.0 Å². The molecule has 1 amide bonds. The van der Waals surface area contributed by atoms with Crippen LogP contribution in [0.5, 0.6) is 0 Å². The topological polar surface area (TPSA) is 41.1 Å². The summed E-state index contributed by atoms with van der Waals surface area (Å²) in [5, 5.41) is 6.69. The highest BCUT2D eigenvalue weighted by Gasteiger charge is 2.31. The van der Waals surface area contributed by atoms with E-state index in [0.717, 1.165) is 19.6 Å². The molecule has 1 heterocycles. The second-order valence-electron chi connectivity index (χ2n) is 7.01. The van der Waals surface area contributed by atoms with Gasteiger partial charge in [-0.2, -0.15) is 11.8 Å². The largest absolute Gasteiger partial charge is 0.355 e. The van der Waals surface area contributed by atoms with E-state index in [1.807, 2.05) is 11.8 Å². The molecule has 2 unspecified atom stereocenters. The number of thioether (sulfide) groups is 1. The summed E-state index contributed by atoms with van der Waals surface area (Å²) in [6, 6.07) is 0. The van der Waals surface area contributed by atoms with Gasteiger partial charge in [0.15, 0.2) is 0 Å². The number of amides is 1. The molecule has 3 nitrogen and oxygen atoms in total. The molecule has 21 heavy (non-hydrogen) atoms. The molecule has 0 aromatic carbocycles. The fraction of sp³-hybridized carbons (Fsp3) is 0.941. The van der Waals surface area contributed by atoms with Gasteiger partial charge < -0.3 is 10.6 Å². The molecule has 4 heteroatoms. The molecule has 0 radical (unpaired) electrons. The third kappa shape index (κ3) is 5.17. The fourth-order valence-electron chi connectivity index (χ4n) is 3.80. The lowest BCUT2D eigenvalue weighted by Crippen LogP contribution is -2.42. The maximum atomic E-state index is 12.3. The van der Waals surface area contributed by atoms with Gasteiger partial charge in [-0.1, -0.05) is 26.2 Å². The van der Waals surface area contributed by atoms with Crippen molar-refractivity contribution in [1.29, 1.82) is 0 Å². The van der Waals surface area contributed by atoms with Crippen LogP contribution < -0.4 is 10.6 Å². The molecule has 122 valence electrons. The summed E-state index contributed by atoms with van der Waals surface area (Å²) in [7, 11) is 0. The molecular formula is C17H32N2OS. The van der Waals surface area contributed by atoms with Crippen molar-refractivity contribution >= 4 is 17.7 Å². The van der Waals surface area contributed by atoms with Gasteiger partial charge in [-0.15, -0.1) is 0 Å². The molecule has 2 atom stereocenters. The third-order valence-corrected chi connectivity index (χ3v) is 6.87. The Morgan fingerprint density at radius 1 is 1.33 bits per heavy atom. The smallest absolute Gasteiger partial charge is 0.220 e. The second kappa shape index (κ2) is 8.42. The van der Waals surface area contributed by atoms with Crippen molar-refractivity contribution in [3.05, 3.63) is 0 Å². The highest BCUT2D eigenvalue weighted by Crippen LogP contribution is 2.38. The van der Waals surface area contributed by atoms with Gasteiger partial charge in [0.05, 0.1) is 0 Å². The van der Waals surface area contributed by atoms with Crippen LogP contribution in [0.25, 0.3) is 0 Å². The maximum absolute atomic E-state index is 12.3. The normalized spacial score (nSPS) is 27.0. The number of hydrogen-bond acceptors (Lipinski definition) is 3. The van der Waals surface area contributed by atoms with Gasteiger partial charge in [0.2, 0.25) is 5.91 Å². The van der Waals surface area contributed by atoms with E-state index in [2.05, 4.69) is 23.8 Å². The lowest BCUT2D eigenvalue weighted by Gasteiger charge is -2.36. The summed E-state index contributed by atoms with van der Waals surface area (Å²) < 4.78 is 0.309. The van der Waals surface area contributed by atoms with Crippen LogP contribution in [-0.4, -0.2) is 36.5 Å². The lowest BCUT2D eigenvalue weighted by molar-refractivity contribution is -0.122. The fourth-order valence-corrected chi connectivity index (χ4v) is 4.72. The second-order valence-corrected chi connectivity index (χ2v) is 8.29. The average molecular weight is 313 g/mol. The van der Waals surface area contributed by atoms with Gasteiger partial charge in [-0.3, -0.25) is 4.79 Å². The minimum absolute atomic E-state index is 0.257. The first-order chi connectivity index (χ1) is 10.2. The van der Waals surface area contributed by atoms with E-state index >= 15 is 0 Å². The van der Waals surface area contributed by atoms with E-state index < -0.39 is 0 Å². The molecule has 2 aliphatic rings. The monoisotopic (exact) mass is 312 g/mol. The van der Waals surface area contributed by atoms with Gasteiger partial charge in [-0.25, -0.2) is 0 Å². The molecular weight excluding hydrogens is 280 g/mol. The van der Waals surface area contributed by atoms with Crippen molar-refractivity contribution in [2.24, 2.45) is 11.8 Å². The van der Waals surface area contributed by atoms with E-state index in [9.17, 15) is 4.79 Å². The first-order valence-electron chi connectivity index (χ1n) is 8.68. The van der Waals surface area contributed by atoms with Gasteiger partial charge in [0.1, 0.15) is 0 Å². The molecule has 2 rings (SSSR count). The van der Waals surface area contributed by atoms with Crippen molar-refractivity contribution in [3.63, 3.8) is 0 Å². The van der Waals surface area contributed by atoms with Gasteiger partial charge in [0.25, 0.3) is 0 Å². The summed E-state index contributed by atoms with van der Waals surface area (Å²) in [5.74, 6) is 1.43. The van der Waals surface area contributed by atoms with Crippen LogP contribution in [0, 0.1) is 11.8 Å². The highest BCUT2D eigenvalue weighted by molar-refractivity contribution is 8.00.